The summed E-state index contributed by atoms with van der Waals surface area (Å²) in [4.78, 5) is 4.52. The van der Waals surface area contributed by atoms with Gasteiger partial charge in [-0.3, -0.25) is 20.1 Å². The van der Waals surface area contributed by atoms with E-state index in [1.54, 1.807) is 18.1 Å². The summed E-state index contributed by atoms with van der Waals surface area (Å²) in [7, 11) is 3.58. The van der Waals surface area contributed by atoms with Crippen LogP contribution in [0.1, 0.15) is 17.5 Å². The highest BCUT2D eigenvalue weighted by Crippen LogP contribution is 2.34. The predicted molar refractivity (Wildman–Crippen MR) is 110 cm³/mol. The smallest absolute Gasteiger partial charge is 0.119 e. The quantitative estimate of drug-likeness (QED) is 0.518. The predicted octanol–water partition coefficient (Wildman–Crippen LogP) is 1.58. The standard InChI is InChI=1S/C20H25N7O2/c1-25-12-16(10-23-25)19-20-18(13-26(21)14-22-20)27(24-19)11-15-5-3-6-17(9-15)29-8-4-7-28-2/h3,5-6,9-10,12-14,24H,4,7-8,11,21H2,1-2H3. The van der Waals surface area contributed by atoms with Crippen LogP contribution in [0.5, 0.6) is 5.75 Å². The molecule has 0 saturated carbocycles. The maximum Gasteiger partial charge on any atom is 0.119 e. The van der Waals surface area contributed by atoms with Gasteiger partial charge in [0.15, 0.2) is 0 Å². The number of nitrogens with two attached hydrogens (primary N) is 1. The summed E-state index contributed by atoms with van der Waals surface area (Å²) < 4.78 is 12.7. The van der Waals surface area contributed by atoms with Crippen molar-refractivity contribution in [2.45, 2.75) is 13.0 Å². The van der Waals surface area contributed by atoms with Crippen molar-refractivity contribution in [1.29, 1.82) is 0 Å². The Morgan fingerprint density at radius 3 is 2.93 bits per heavy atom. The van der Waals surface area contributed by atoms with E-state index in [9.17, 15) is 0 Å². The van der Waals surface area contributed by atoms with Crippen molar-refractivity contribution in [1.82, 2.24) is 25.2 Å². The molecule has 0 unspecified atom stereocenters. The average Bonchev–Trinajstić information content (AvgIpc) is 3.29. The minimum absolute atomic E-state index is 0.623. The molecule has 2 aromatic rings. The van der Waals surface area contributed by atoms with Crippen LogP contribution in [0.2, 0.25) is 0 Å². The SMILES string of the molecule is COCCCOc1cccc(CN2NC(c3cnn(C)c3)=C3N=CN(N)C=C32)c1. The maximum atomic E-state index is 5.92. The summed E-state index contributed by atoms with van der Waals surface area (Å²) >= 11 is 0. The minimum atomic E-state index is 0.623. The fourth-order valence-corrected chi connectivity index (χ4v) is 3.25. The molecule has 0 aliphatic carbocycles. The van der Waals surface area contributed by atoms with E-state index in [1.165, 1.54) is 5.01 Å². The molecular weight excluding hydrogens is 370 g/mol. The largest absolute Gasteiger partial charge is 0.493 e. The molecule has 0 amide bonds. The van der Waals surface area contributed by atoms with Gasteiger partial charge in [0.1, 0.15) is 23.5 Å². The third-order valence-corrected chi connectivity index (χ3v) is 4.60. The van der Waals surface area contributed by atoms with Crippen LogP contribution in [0.15, 0.2) is 59.2 Å². The van der Waals surface area contributed by atoms with Crippen molar-refractivity contribution >= 4 is 12.0 Å². The number of fused-ring (bicyclic) bond motifs is 1. The molecular formula is C20H25N7O2. The molecule has 3 heterocycles. The number of aliphatic imine (C=N–C) groups is 1. The van der Waals surface area contributed by atoms with Gasteiger partial charge in [0, 0.05) is 45.1 Å². The lowest BCUT2D eigenvalue weighted by molar-refractivity contribution is 0.172. The minimum Gasteiger partial charge on any atom is -0.493 e. The van der Waals surface area contributed by atoms with E-state index in [0.29, 0.717) is 19.8 Å². The molecule has 0 saturated heterocycles. The molecule has 2 aliphatic heterocycles. The van der Waals surface area contributed by atoms with Gasteiger partial charge in [0.05, 0.1) is 25.0 Å². The second-order valence-corrected chi connectivity index (χ2v) is 6.87. The number of methoxy groups -OCH3 is 1. The number of nitrogens with zero attached hydrogens (tertiary/aromatic N) is 5. The van der Waals surface area contributed by atoms with Crippen molar-refractivity contribution in [3.63, 3.8) is 0 Å². The van der Waals surface area contributed by atoms with Crippen LogP contribution in [0.3, 0.4) is 0 Å². The van der Waals surface area contributed by atoms with Crippen molar-refractivity contribution in [3.8, 4) is 5.75 Å². The second kappa shape index (κ2) is 8.38. The molecule has 3 N–H and O–H groups in total. The van der Waals surface area contributed by atoms with Gasteiger partial charge in [-0.1, -0.05) is 12.1 Å². The van der Waals surface area contributed by atoms with E-state index in [0.717, 1.165) is 40.4 Å². The monoisotopic (exact) mass is 395 g/mol. The Kier molecular flexibility index (Phi) is 5.50. The van der Waals surface area contributed by atoms with Gasteiger partial charge in [0.2, 0.25) is 0 Å². The topological polar surface area (TPSA) is 93.2 Å². The summed E-state index contributed by atoms with van der Waals surface area (Å²) in [5.74, 6) is 6.76. The zero-order valence-corrected chi connectivity index (χ0v) is 16.6. The third kappa shape index (κ3) is 4.25. The summed E-state index contributed by atoms with van der Waals surface area (Å²) in [6.07, 6.45) is 8.07. The molecule has 0 radical (unpaired) electrons. The Labute approximate surface area is 169 Å². The number of aromatic nitrogens is 2. The highest BCUT2D eigenvalue weighted by atomic mass is 16.5. The highest BCUT2D eigenvalue weighted by molar-refractivity contribution is 5.77. The fourth-order valence-electron chi connectivity index (χ4n) is 3.25. The Hall–Kier alpha value is -3.30. The average molecular weight is 395 g/mol. The van der Waals surface area contributed by atoms with Crippen LogP contribution in [0, 0.1) is 0 Å². The molecule has 9 heteroatoms. The van der Waals surface area contributed by atoms with Crippen LogP contribution in [0.4, 0.5) is 0 Å². The lowest BCUT2D eigenvalue weighted by atomic mass is 10.2. The van der Waals surface area contributed by atoms with E-state index in [2.05, 4.69) is 21.6 Å². The van der Waals surface area contributed by atoms with Crippen LogP contribution in [-0.2, 0) is 18.3 Å². The number of hydrogen-bond donors (Lipinski definition) is 2. The normalized spacial score (nSPS) is 15.5. The van der Waals surface area contributed by atoms with Gasteiger partial charge < -0.3 is 9.47 Å². The third-order valence-electron chi connectivity index (χ3n) is 4.60. The number of hydrogen-bond acceptors (Lipinski definition) is 8. The Bertz CT molecular complexity index is 963. The molecule has 1 aromatic heterocycles. The van der Waals surface area contributed by atoms with Gasteiger partial charge in [0.25, 0.3) is 0 Å². The van der Waals surface area contributed by atoms with Crippen LogP contribution in [-0.4, -0.2) is 46.5 Å². The van der Waals surface area contributed by atoms with Crippen molar-refractivity contribution in [3.05, 3.63) is 65.4 Å². The molecule has 29 heavy (non-hydrogen) atoms. The lowest BCUT2D eigenvalue weighted by Crippen LogP contribution is -2.33. The van der Waals surface area contributed by atoms with Crippen LogP contribution >= 0.6 is 0 Å². The molecule has 2 aliphatic rings. The highest BCUT2D eigenvalue weighted by Gasteiger charge is 2.30. The second-order valence-electron chi connectivity index (χ2n) is 6.87. The van der Waals surface area contributed by atoms with Crippen molar-refractivity contribution in [2.24, 2.45) is 17.9 Å². The molecule has 0 atom stereocenters. The van der Waals surface area contributed by atoms with E-state index in [4.69, 9.17) is 15.3 Å². The summed E-state index contributed by atoms with van der Waals surface area (Å²) in [5.41, 5.74) is 8.17. The van der Waals surface area contributed by atoms with Gasteiger partial charge >= 0.3 is 0 Å². The first kappa shape index (κ1) is 19.0. The number of benzene rings is 1. The molecule has 4 rings (SSSR count). The summed E-state index contributed by atoms with van der Waals surface area (Å²) in [6, 6.07) is 8.07. The fraction of sp³-hybridized carbons (Fsp3) is 0.300. The molecule has 9 nitrogen and oxygen atoms in total. The Morgan fingerprint density at radius 1 is 1.24 bits per heavy atom. The van der Waals surface area contributed by atoms with Gasteiger partial charge in [-0.25, -0.2) is 10.8 Å². The molecule has 0 fully saturated rings. The molecule has 152 valence electrons. The first-order chi connectivity index (χ1) is 14.1. The Balaban J connectivity index is 1.51. The van der Waals surface area contributed by atoms with Crippen LogP contribution < -0.4 is 16.0 Å². The molecule has 1 aromatic carbocycles. The summed E-state index contributed by atoms with van der Waals surface area (Å²) in [6.45, 7) is 1.93. The lowest BCUT2D eigenvalue weighted by Gasteiger charge is -2.24. The zero-order chi connectivity index (χ0) is 20.2. The van der Waals surface area contributed by atoms with Crippen molar-refractivity contribution in [2.75, 3.05) is 20.3 Å². The zero-order valence-electron chi connectivity index (χ0n) is 16.6. The Morgan fingerprint density at radius 2 is 2.14 bits per heavy atom. The van der Waals surface area contributed by atoms with E-state index in [-0.39, 0.29) is 0 Å². The number of aryl methyl sites for hydroxylation is 1. The van der Waals surface area contributed by atoms with Gasteiger partial charge in [-0.2, -0.15) is 5.10 Å². The molecule has 0 bridgehead atoms. The first-order valence-electron chi connectivity index (χ1n) is 9.41. The number of ether oxygens (including phenoxy) is 2. The number of rotatable bonds is 8. The number of hydrazine groups is 2. The van der Waals surface area contributed by atoms with Crippen LogP contribution in [0.25, 0.3) is 5.70 Å². The maximum absolute atomic E-state index is 5.92. The first-order valence-corrected chi connectivity index (χ1v) is 9.41. The van der Waals surface area contributed by atoms with Crippen molar-refractivity contribution < 1.29 is 9.47 Å². The van der Waals surface area contributed by atoms with E-state index in [1.807, 2.05) is 48.8 Å². The molecule has 0 spiro atoms. The van der Waals surface area contributed by atoms with Gasteiger partial charge in [-0.05, 0) is 17.7 Å². The van der Waals surface area contributed by atoms with E-state index < -0.39 is 0 Å². The van der Waals surface area contributed by atoms with Gasteiger partial charge in [-0.15, -0.1) is 0 Å². The van der Waals surface area contributed by atoms with E-state index >= 15 is 0 Å². The summed E-state index contributed by atoms with van der Waals surface area (Å²) in [5, 5.41) is 7.75. The number of nitrogens with one attached hydrogen (secondary N) is 1.